The van der Waals surface area contributed by atoms with Crippen molar-refractivity contribution >= 4 is 0 Å². The van der Waals surface area contributed by atoms with E-state index in [1.165, 1.54) is 25.7 Å². The van der Waals surface area contributed by atoms with E-state index in [0.29, 0.717) is 42.7 Å². The Morgan fingerprint density at radius 3 is 2.33 bits per heavy atom. The van der Waals surface area contributed by atoms with Crippen molar-refractivity contribution < 1.29 is 34.6 Å². The summed E-state index contributed by atoms with van der Waals surface area (Å²) in [5.74, 6) is 1.58. The molecular formula is C38H65NO7. The molecule has 5 aliphatic carbocycles. The molecule has 2 saturated heterocycles. The summed E-state index contributed by atoms with van der Waals surface area (Å²) in [5.41, 5.74) is -1.24. The maximum Gasteiger partial charge on any atom is 0.170 e. The molecule has 8 heteroatoms. The number of ether oxygens (including phenoxy) is 3. The maximum absolute atomic E-state index is 12.4. The van der Waals surface area contributed by atoms with E-state index in [9.17, 15) is 20.4 Å². The van der Waals surface area contributed by atoms with Crippen molar-refractivity contribution in [1.29, 1.82) is 0 Å². The third kappa shape index (κ3) is 4.39. The van der Waals surface area contributed by atoms with E-state index in [-0.39, 0.29) is 58.2 Å². The van der Waals surface area contributed by atoms with Crippen LogP contribution in [0.5, 0.6) is 0 Å². The van der Waals surface area contributed by atoms with Gasteiger partial charge in [-0.25, -0.2) is 0 Å². The molecule has 7 aliphatic rings. The lowest BCUT2D eigenvalue weighted by atomic mass is 9.41. The highest BCUT2D eigenvalue weighted by Gasteiger charge is 2.84. The van der Waals surface area contributed by atoms with Crippen LogP contribution in [0.2, 0.25) is 0 Å². The van der Waals surface area contributed by atoms with Crippen LogP contribution in [0.3, 0.4) is 0 Å². The van der Waals surface area contributed by atoms with Gasteiger partial charge in [-0.1, -0.05) is 34.6 Å². The van der Waals surface area contributed by atoms with Crippen molar-refractivity contribution in [3.05, 3.63) is 0 Å². The Morgan fingerprint density at radius 1 is 0.978 bits per heavy atom. The van der Waals surface area contributed by atoms with Gasteiger partial charge < -0.3 is 34.6 Å². The van der Waals surface area contributed by atoms with Gasteiger partial charge >= 0.3 is 0 Å². The number of hydrogen-bond donors (Lipinski definition) is 4. The van der Waals surface area contributed by atoms with Crippen molar-refractivity contribution in [3.8, 4) is 0 Å². The first kappa shape index (κ1) is 34.1. The van der Waals surface area contributed by atoms with E-state index in [4.69, 9.17) is 14.2 Å². The fourth-order valence-corrected chi connectivity index (χ4v) is 13.7. The SMILES string of the molecule is C[C@@H]1CC(C(O)C(C)(C)O)OC2C1C1(C)CCC34CC35CCC(OC3CN(C(C)(C)CO)CCO3)C(C)(C)[C@@H]5CCC4[C@]1(C)[C@H]2O. The summed E-state index contributed by atoms with van der Waals surface area (Å²) in [7, 11) is 0. The molecule has 2 aliphatic heterocycles. The summed E-state index contributed by atoms with van der Waals surface area (Å²) in [6, 6.07) is 0. The Balaban J connectivity index is 1.12. The average molecular weight is 648 g/mol. The average Bonchev–Trinajstić information content (AvgIpc) is 3.62. The molecule has 4 N–H and O–H groups in total. The smallest absolute Gasteiger partial charge is 0.170 e. The molecule has 2 heterocycles. The fraction of sp³-hybridized carbons (Fsp3) is 1.00. The van der Waals surface area contributed by atoms with Gasteiger partial charge in [0.1, 0.15) is 6.10 Å². The van der Waals surface area contributed by atoms with Crippen LogP contribution in [-0.4, -0.2) is 99.6 Å². The summed E-state index contributed by atoms with van der Waals surface area (Å²) in [5, 5.41) is 44.1. The van der Waals surface area contributed by atoms with Gasteiger partial charge in [-0.05, 0) is 124 Å². The molecule has 0 aromatic rings. The van der Waals surface area contributed by atoms with Gasteiger partial charge in [-0.2, -0.15) is 0 Å². The Kier molecular flexibility index (Phi) is 7.87. The second-order valence-electron chi connectivity index (χ2n) is 19.5. The van der Waals surface area contributed by atoms with Crippen LogP contribution in [0, 0.1) is 50.7 Å². The Labute approximate surface area is 277 Å². The molecular weight excluding hydrogens is 582 g/mol. The first-order valence-electron chi connectivity index (χ1n) is 18.7. The minimum atomic E-state index is -1.25. The monoisotopic (exact) mass is 647 g/mol. The number of fused-ring (bicyclic) bond motifs is 4. The van der Waals surface area contributed by atoms with Crippen LogP contribution in [0.1, 0.15) is 114 Å². The molecule has 0 bridgehead atoms. The molecule has 2 spiro atoms. The molecule has 0 radical (unpaired) electrons. The van der Waals surface area contributed by atoms with Gasteiger partial charge in [0.25, 0.3) is 0 Å². The quantitative estimate of drug-likeness (QED) is 0.327. The van der Waals surface area contributed by atoms with Crippen LogP contribution in [0.15, 0.2) is 0 Å². The van der Waals surface area contributed by atoms with E-state index >= 15 is 0 Å². The lowest BCUT2D eigenvalue weighted by Crippen LogP contribution is -2.60. The van der Waals surface area contributed by atoms with Gasteiger partial charge in [0.15, 0.2) is 6.29 Å². The number of hydrogen-bond acceptors (Lipinski definition) is 8. The predicted octanol–water partition coefficient (Wildman–Crippen LogP) is 4.75. The molecule has 7 fully saturated rings. The minimum absolute atomic E-state index is 0.0207. The van der Waals surface area contributed by atoms with E-state index in [2.05, 4.69) is 53.4 Å². The van der Waals surface area contributed by atoms with Gasteiger partial charge in [0.2, 0.25) is 0 Å². The zero-order chi connectivity index (χ0) is 33.5. The summed E-state index contributed by atoms with van der Waals surface area (Å²) in [6.07, 6.45) is 6.37. The van der Waals surface area contributed by atoms with Gasteiger partial charge in [-0.3, -0.25) is 4.90 Å². The topological polar surface area (TPSA) is 112 Å². The molecule has 10 unspecified atom stereocenters. The minimum Gasteiger partial charge on any atom is -0.394 e. The van der Waals surface area contributed by atoms with Crippen LogP contribution in [-0.2, 0) is 14.2 Å². The molecule has 46 heavy (non-hydrogen) atoms. The number of morpholine rings is 1. The van der Waals surface area contributed by atoms with E-state index in [1.807, 2.05) is 0 Å². The van der Waals surface area contributed by atoms with E-state index in [0.717, 1.165) is 25.8 Å². The lowest BCUT2D eigenvalue weighted by molar-refractivity contribution is -0.254. The third-order valence-electron chi connectivity index (χ3n) is 16.4. The molecule has 8 nitrogen and oxygen atoms in total. The normalized spacial score (nSPS) is 52.5. The highest BCUT2D eigenvalue weighted by atomic mass is 16.7. The Hall–Kier alpha value is -0.320. The highest BCUT2D eigenvalue weighted by Crippen LogP contribution is 2.89. The fourth-order valence-electron chi connectivity index (χ4n) is 13.7. The number of nitrogens with zero attached hydrogens (tertiary/aromatic N) is 1. The number of aliphatic hydroxyl groups excluding tert-OH is 3. The Bertz CT molecular complexity index is 1190. The summed E-state index contributed by atoms with van der Waals surface area (Å²) in [6.45, 7) is 21.8. The molecule has 14 atom stereocenters. The summed E-state index contributed by atoms with van der Waals surface area (Å²) >= 11 is 0. The zero-order valence-corrected chi connectivity index (χ0v) is 30.2. The molecule has 0 amide bonds. The summed E-state index contributed by atoms with van der Waals surface area (Å²) < 4.78 is 19.7. The standard InChI is InChI=1S/C38H65NO7/c1-22-18-23(30(41)34(6,7)43)45-29-28(22)35(8)14-15-38-20-37(38)13-12-26(46-27-19-39(16-17-44-27)32(2,3)21-40)33(4,5)24(37)10-11-25(38)36(35,9)31(29)42/h22-31,40-43H,10-21H2,1-9H3/t22-,23?,24+,25?,26?,27?,28?,29?,30?,31+,35?,36-,37?,38?/m1/s1. The zero-order valence-electron chi connectivity index (χ0n) is 30.2. The Morgan fingerprint density at radius 2 is 1.65 bits per heavy atom. The first-order valence-corrected chi connectivity index (χ1v) is 18.7. The van der Waals surface area contributed by atoms with E-state index < -0.39 is 23.9 Å². The first-order chi connectivity index (χ1) is 21.3. The van der Waals surface area contributed by atoms with Crippen molar-refractivity contribution in [3.63, 3.8) is 0 Å². The van der Waals surface area contributed by atoms with Crippen molar-refractivity contribution in [2.24, 2.45) is 50.7 Å². The van der Waals surface area contributed by atoms with Crippen molar-refractivity contribution in [1.82, 2.24) is 4.90 Å². The second kappa shape index (κ2) is 10.6. The largest absolute Gasteiger partial charge is 0.394 e. The summed E-state index contributed by atoms with van der Waals surface area (Å²) in [4.78, 5) is 2.31. The number of rotatable bonds is 6. The van der Waals surface area contributed by atoms with E-state index in [1.54, 1.807) is 13.8 Å². The van der Waals surface area contributed by atoms with Crippen LogP contribution >= 0.6 is 0 Å². The molecule has 0 aromatic carbocycles. The van der Waals surface area contributed by atoms with Crippen LogP contribution in [0.25, 0.3) is 0 Å². The highest BCUT2D eigenvalue weighted by molar-refractivity contribution is 5.33. The molecule has 264 valence electrons. The number of aliphatic hydroxyl groups is 4. The van der Waals surface area contributed by atoms with Crippen molar-refractivity contribution in [2.75, 3.05) is 26.3 Å². The third-order valence-corrected chi connectivity index (χ3v) is 16.4. The molecule has 0 aromatic heterocycles. The predicted molar refractivity (Wildman–Crippen MR) is 176 cm³/mol. The van der Waals surface area contributed by atoms with Crippen LogP contribution < -0.4 is 0 Å². The van der Waals surface area contributed by atoms with Crippen molar-refractivity contribution in [2.45, 2.75) is 162 Å². The van der Waals surface area contributed by atoms with Crippen LogP contribution in [0.4, 0.5) is 0 Å². The molecule has 5 saturated carbocycles. The van der Waals surface area contributed by atoms with Gasteiger partial charge in [0, 0.05) is 17.5 Å². The molecule has 7 rings (SSSR count). The maximum atomic E-state index is 12.4. The van der Waals surface area contributed by atoms with Gasteiger partial charge in [0.05, 0.1) is 49.8 Å². The van der Waals surface area contributed by atoms with Gasteiger partial charge in [-0.15, -0.1) is 0 Å². The second-order valence-corrected chi connectivity index (χ2v) is 19.5. The lowest BCUT2D eigenvalue weighted by Gasteiger charge is -2.64.